The predicted octanol–water partition coefficient (Wildman–Crippen LogP) is 1.90. The lowest BCUT2D eigenvalue weighted by molar-refractivity contribution is -0.0587. The Balaban J connectivity index is 3.19. The molecule has 0 saturated heterocycles. The van der Waals surface area contributed by atoms with Crippen LogP contribution in [0.3, 0.4) is 0 Å². The quantitative estimate of drug-likeness (QED) is 0.371. The summed E-state index contributed by atoms with van der Waals surface area (Å²) in [6.07, 6.45) is -4.76. The number of halogens is 3. The van der Waals surface area contributed by atoms with Crippen molar-refractivity contribution in [3.63, 3.8) is 0 Å². The van der Waals surface area contributed by atoms with Gasteiger partial charge in [-0.05, 0) is 18.2 Å². The molecule has 1 aromatic carbocycles. The highest BCUT2D eigenvalue weighted by Gasteiger charge is 2.36. The minimum Gasteiger partial charge on any atom is -0.508 e. The van der Waals surface area contributed by atoms with Crippen LogP contribution in [0.2, 0.25) is 0 Å². The van der Waals surface area contributed by atoms with Gasteiger partial charge in [0.15, 0.2) is 0 Å². The van der Waals surface area contributed by atoms with E-state index in [4.69, 9.17) is 16.2 Å². The standard InChI is InChI=1S/C8H7F3N2O/c9-8(10,11)7(13)5-3-4(14)1-2-6(5)12/h1-3,13-14H,12H2. The second-order valence-corrected chi connectivity index (χ2v) is 2.64. The van der Waals surface area contributed by atoms with Gasteiger partial charge in [0.25, 0.3) is 0 Å². The van der Waals surface area contributed by atoms with E-state index in [9.17, 15) is 13.2 Å². The van der Waals surface area contributed by atoms with E-state index in [2.05, 4.69) is 0 Å². The molecule has 0 atom stereocenters. The zero-order chi connectivity index (χ0) is 10.9. The van der Waals surface area contributed by atoms with Crippen molar-refractivity contribution >= 4 is 11.4 Å². The molecule has 0 unspecified atom stereocenters. The number of anilines is 1. The third-order valence-corrected chi connectivity index (χ3v) is 1.59. The minimum atomic E-state index is -4.76. The van der Waals surface area contributed by atoms with Crippen molar-refractivity contribution in [1.29, 1.82) is 5.41 Å². The van der Waals surface area contributed by atoms with Crippen molar-refractivity contribution < 1.29 is 18.3 Å². The average molecular weight is 204 g/mol. The van der Waals surface area contributed by atoms with Gasteiger partial charge in [0.1, 0.15) is 11.5 Å². The lowest BCUT2D eigenvalue weighted by Crippen LogP contribution is -2.23. The normalized spacial score (nSPS) is 11.4. The van der Waals surface area contributed by atoms with Crippen LogP contribution in [-0.4, -0.2) is 17.0 Å². The molecular weight excluding hydrogens is 197 g/mol. The Morgan fingerprint density at radius 1 is 1.36 bits per heavy atom. The molecule has 1 rings (SSSR count). The Hall–Kier alpha value is -1.72. The molecule has 0 amide bonds. The van der Waals surface area contributed by atoms with Crippen LogP contribution in [0.25, 0.3) is 0 Å². The van der Waals surface area contributed by atoms with Gasteiger partial charge in [0, 0.05) is 11.3 Å². The summed E-state index contributed by atoms with van der Waals surface area (Å²) in [4.78, 5) is 0. The Labute approximate surface area is 77.5 Å². The molecule has 0 saturated carbocycles. The van der Waals surface area contributed by atoms with Crippen LogP contribution in [0.5, 0.6) is 5.75 Å². The van der Waals surface area contributed by atoms with E-state index in [-0.39, 0.29) is 11.4 Å². The number of nitrogen functional groups attached to an aromatic ring is 1. The van der Waals surface area contributed by atoms with E-state index in [1.54, 1.807) is 0 Å². The first-order valence-corrected chi connectivity index (χ1v) is 3.57. The topological polar surface area (TPSA) is 70.1 Å². The number of rotatable bonds is 1. The van der Waals surface area contributed by atoms with Crippen LogP contribution in [0.1, 0.15) is 5.56 Å². The van der Waals surface area contributed by atoms with Crippen molar-refractivity contribution in [2.45, 2.75) is 6.18 Å². The first-order valence-electron chi connectivity index (χ1n) is 3.57. The van der Waals surface area contributed by atoms with Gasteiger partial charge >= 0.3 is 6.18 Å². The Morgan fingerprint density at radius 3 is 2.43 bits per heavy atom. The fourth-order valence-corrected chi connectivity index (χ4v) is 0.913. The third-order valence-electron chi connectivity index (χ3n) is 1.59. The van der Waals surface area contributed by atoms with Crippen LogP contribution in [0.4, 0.5) is 18.9 Å². The number of alkyl halides is 3. The molecule has 0 heterocycles. The van der Waals surface area contributed by atoms with Gasteiger partial charge < -0.3 is 10.8 Å². The van der Waals surface area contributed by atoms with Crippen molar-refractivity contribution in [3.05, 3.63) is 23.8 Å². The van der Waals surface area contributed by atoms with E-state index in [0.29, 0.717) is 0 Å². The van der Waals surface area contributed by atoms with Gasteiger partial charge in [-0.15, -0.1) is 0 Å². The minimum absolute atomic E-state index is 0.190. The highest BCUT2D eigenvalue weighted by atomic mass is 19.4. The van der Waals surface area contributed by atoms with E-state index < -0.39 is 17.5 Å². The third kappa shape index (κ3) is 1.95. The van der Waals surface area contributed by atoms with Crippen LogP contribution in [-0.2, 0) is 0 Å². The lowest BCUT2D eigenvalue weighted by atomic mass is 10.1. The molecule has 0 aliphatic rings. The maximum absolute atomic E-state index is 12.1. The maximum Gasteiger partial charge on any atom is 0.433 e. The zero-order valence-electron chi connectivity index (χ0n) is 6.89. The fourth-order valence-electron chi connectivity index (χ4n) is 0.913. The lowest BCUT2D eigenvalue weighted by Gasteiger charge is -2.10. The molecule has 0 fully saturated rings. The smallest absolute Gasteiger partial charge is 0.433 e. The summed E-state index contributed by atoms with van der Waals surface area (Å²) in [6, 6.07) is 3.08. The van der Waals surface area contributed by atoms with Crippen LogP contribution < -0.4 is 5.73 Å². The van der Waals surface area contributed by atoms with Crippen molar-refractivity contribution in [3.8, 4) is 5.75 Å². The summed E-state index contributed by atoms with van der Waals surface area (Å²) in [7, 11) is 0. The highest BCUT2D eigenvalue weighted by molar-refractivity contribution is 6.06. The van der Waals surface area contributed by atoms with Gasteiger partial charge in [-0.25, -0.2) is 0 Å². The molecule has 1 aromatic rings. The van der Waals surface area contributed by atoms with E-state index in [1.807, 2.05) is 0 Å². The number of nitrogens with one attached hydrogen (secondary N) is 1. The van der Waals surface area contributed by atoms with Gasteiger partial charge in [-0.2, -0.15) is 13.2 Å². The first-order chi connectivity index (χ1) is 6.32. The average Bonchev–Trinajstić information content (AvgIpc) is 2.06. The molecule has 4 N–H and O–H groups in total. The molecule has 3 nitrogen and oxygen atoms in total. The number of phenolic OH excluding ortho intramolecular Hbond substituents is 1. The predicted molar refractivity (Wildman–Crippen MR) is 45.4 cm³/mol. The Morgan fingerprint density at radius 2 is 1.93 bits per heavy atom. The summed E-state index contributed by atoms with van der Waals surface area (Å²) in [6.45, 7) is 0. The molecule has 0 aliphatic heterocycles. The monoisotopic (exact) mass is 204 g/mol. The zero-order valence-corrected chi connectivity index (χ0v) is 6.89. The molecule has 0 aromatic heterocycles. The molecule has 14 heavy (non-hydrogen) atoms. The number of nitrogens with two attached hydrogens (primary N) is 1. The summed E-state index contributed by atoms with van der Waals surface area (Å²) in [5, 5.41) is 15.7. The molecular formula is C8H7F3N2O. The molecule has 0 bridgehead atoms. The maximum atomic E-state index is 12.1. The Kier molecular flexibility index (Phi) is 2.37. The summed E-state index contributed by atoms with van der Waals surface area (Å²) in [5.41, 5.74) is 2.97. The summed E-state index contributed by atoms with van der Waals surface area (Å²) in [5.74, 6) is -0.358. The second kappa shape index (κ2) is 3.21. The number of hydrogen-bond donors (Lipinski definition) is 3. The second-order valence-electron chi connectivity index (χ2n) is 2.64. The van der Waals surface area contributed by atoms with E-state index >= 15 is 0 Å². The van der Waals surface area contributed by atoms with Crippen molar-refractivity contribution in [2.75, 3.05) is 5.73 Å². The van der Waals surface area contributed by atoms with Crippen LogP contribution >= 0.6 is 0 Å². The summed E-state index contributed by atoms with van der Waals surface area (Å²) < 4.78 is 36.3. The molecule has 0 radical (unpaired) electrons. The fraction of sp³-hybridized carbons (Fsp3) is 0.125. The van der Waals surface area contributed by atoms with Gasteiger partial charge in [-0.1, -0.05) is 0 Å². The Bertz CT molecular complexity index is 373. The first kappa shape index (κ1) is 10.4. The van der Waals surface area contributed by atoms with Gasteiger partial charge in [0.2, 0.25) is 0 Å². The largest absolute Gasteiger partial charge is 0.508 e. The van der Waals surface area contributed by atoms with Gasteiger partial charge in [-0.3, -0.25) is 5.41 Å². The van der Waals surface area contributed by atoms with E-state index in [0.717, 1.165) is 18.2 Å². The highest BCUT2D eigenvalue weighted by Crippen LogP contribution is 2.27. The van der Waals surface area contributed by atoms with Crippen LogP contribution in [0, 0.1) is 5.41 Å². The molecule has 0 spiro atoms. The van der Waals surface area contributed by atoms with Gasteiger partial charge in [0.05, 0.1) is 0 Å². The van der Waals surface area contributed by atoms with Crippen molar-refractivity contribution in [2.24, 2.45) is 0 Å². The molecule has 76 valence electrons. The SMILES string of the molecule is N=C(c1cc(O)ccc1N)C(F)(F)F. The number of phenols is 1. The molecule has 0 aliphatic carbocycles. The number of benzene rings is 1. The van der Waals surface area contributed by atoms with Crippen LogP contribution in [0.15, 0.2) is 18.2 Å². The van der Waals surface area contributed by atoms with E-state index in [1.165, 1.54) is 0 Å². The number of hydrogen-bond acceptors (Lipinski definition) is 3. The summed E-state index contributed by atoms with van der Waals surface area (Å²) >= 11 is 0. The molecule has 6 heteroatoms. The number of aromatic hydroxyl groups is 1. The van der Waals surface area contributed by atoms with Crippen molar-refractivity contribution in [1.82, 2.24) is 0 Å².